The van der Waals surface area contributed by atoms with E-state index in [4.69, 9.17) is 27.9 Å². The van der Waals surface area contributed by atoms with E-state index >= 15 is 0 Å². The lowest BCUT2D eigenvalue weighted by atomic mass is 10.1. The highest BCUT2D eigenvalue weighted by Crippen LogP contribution is 2.53. The first-order valence-electron chi connectivity index (χ1n) is 8.43. The van der Waals surface area contributed by atoms with Crippen LogP contribution < -0.4 is 4.90 Å². The third-order valence-corrected chi connectivity index (χ3v) is 5.78. The summed E-state index contributed by atoms with van der Waals surface area (Å²) in [5, 5.41) is 0. The number of alkyl halides is 2. The monoisotopic (exact) mass is 403 g/mol. The second-order valence-electron chi connectivity index (χ2n) is 6.75. The maximum Gasteiger partial charge on any atom is 0.338 e. The van der Waals surface area contributed by atoms with Crippen molar-refractivity contribution >= 4 is 46.7 Å². The molecule has 4 rings (SSSR count). The Morgan fingerprint density at radius 1 is 1.15 bits per heavy atom. The summed E-state index contributed by atoms with van der Waals surface area (Å²) < 4.78 is 4.40. The van der Waals surface area contributed by atoms with E-state index in [-0.39, 0.29) is 29.2 Å². The number of rotatable bonds is 4. The van der Waals surface area contributed by atoms with Crippen LogP contribution >= 0.6 is 23.2 Å². The second-order valence-corrected chi connectivity index (χ2v) is 8.30. The van der Waals surface area contributed by atoms with Crippen LogP contribution in [0.25, 0.3) is 0 Å². The topological polar surface area (TPSA) is 63.7 Å². The summed E-state index contributed by atoms with van der Waals surface area (Å²) in [6, 6.07) is 11.5. The molecule has 2 aliphatic rings. The Morgan fingerprint density at radius 3 is 2.48 bits per heavy atom. The SMILES string of the molecule is Cc1ccccc1N1C(=O)c2ccc(C(=O)OC[C@@H]3CC3(Cl)Cl)cc2C1=O. The van der Waals surface area contributed by atoms with Gasteiger partial charge in [-0.25, -0.2) is 9.69 Å². The molecule has 2 amide bonds. The summed E-state index contributed by atoms with van der Waals surface area (Å²) in [5.41, 5.74) is 2.00. The molecular formula is C20H15Cl2NO4. The van der Waals surface area contributed by atoms with E-state index < -0.39 is 22.1 Å². The Morgan fingerprint density at radius 2 is 1.81 bits per heavy atom. The largest absolute Gasteiger partial charge is 0.462 e. The highest BCUT2D eigenvalue weighted by molar-refractivity contribution is 6.50. The van der Waals surface area contributed by atoms with Crippen molar-refractivity contribution in [3.05, 3.63) is 64.7 Å². The summed E-state index contributed by atoms with van der Waals surface area (Å²) in [7, 11) is 0. The molecule has 1 heterocycles. The molecule has 2 aromatic rings. The smallest absolute Gasteiger partial charge is 0.338 e. The first-order valence-corrected chi connectivity index (χ1v) is 9.18. The van der Waals surface area contributed by atoms with Gasteiger partial charge in [-0.05, 0) is 43.2 Å². The molecule has 1 aliphatic carbocycles. The third-order valence-electron chi connectivity index (χ3n) is 4.85. The van der Waals surface area contributed by atoms with Gasteiger partial charge in [0.1, 0.15) is 4.33 Å². The van der Waals surface area contributed by atoms with Crippen molar-refractivity contribution in [2.45, 2.75) is 17.7 Å². The molecule has 1 aliphatic heterocycles. The number of aryl methyl sites for hydroxylation is 1. The molecule has 0 aromatic heterocycles. The van der Waals surface area contributed by atoms with Gasteiger partial charge in [-0.2, -0.15) is 0 Å². The molecular weight excluding hydrogens is 389 g/mol. The maximum atomic E-state index is 12.8. The number of amides is 2. The van der Waals surface area contributed by atoms with E-state index in [9.17, 15) is 14.4 Å². The van der Waals surface area contributed by atoms with Crippen LogP contribution in [-0.4, -0.2) is 28.7 Å². The molecule has 0 bridgehead atoms. The predicted molar refractivity (Wildman–Crippen MR) is 102 cm³/mol. The minimum Gasteiger partial charge on any atom is -0.462 e. The van der Waals surface area contributed by atoms with Crippen LogP contribution in [0.15, 0.2) is 42.5 Å². The average Bonchev–Trinajstić information content (AvgIpc) is 3.18. The van der Waals surface area contributed by atoms with Crippen molar-refractivity contribution in [1.82, 2.24) is 0 Å². The Labute approximate surface area is 165 Å². The summed E-state index contributed by atoms with van der Waals surface area (Å²) in [5.74, 6) is -1.53. The number of hydrogen-bond donors (Lipinski definition) is 0. The quantitative estimate of drug-likeness (QED) is 0.437. The number of carbonyl (C=O) groups is 3. The van der Waals surface area contributed by atoms with Crippen molar-refractivity contribution in [2.24, 2.45) is 5.92 Å². The van der Waals surface area contributed by atoms with E-state index in [1.807, 2.05) is 19.1 Å². The zero-order chi connectivity index (χ0) is 19.3. The fraction of sp³-hybridized carbons (Fsp3) is 0.250. The molecule has 138 valence electrons. The van der Waals surface area contributed by atoms with Gasteiger partial charge in [0.25, 0.3) is 11.8 Å². The van der Waals surface area contributed by atoms with E-state index in [2.05, 4.69) is 0 Å². The molecule has 7 heteroatoms. The average molecular weight is 404 g/mol. The van der Waals surface area contributed by atoms with Crippen LogP contribution in [0.1, 0.15) is 43.1 Å². The Balaban J connectivity index is 1.57. The Hall–Kier alpha value is -2.37. The van der Waals surface area contributed by atoms with Gasteiger partial charge >= 0.3 is 5.97 Å². The molecule has 0 N–H and O–H groups in total. The summed E-state index contributed by atoms with van der Waals surface area (Å²) in [4.78, 5) is 38.9. The number of benzene rings is 2. The first-order chi connectivity index (χ1) is 12.8. The highest BCUT2D eigenvalue weighted by Gasteiger charge is 2.52. The lowest BCUT2D eigenvalue weighted by Gasteiger charge is -2.16. The number of fused-ring (bicyclic) bond motifs is 1. The van der Waals surface area contributed by atoms with E-state index in [1.165, 1.54) is 18.2 Å². The number of ether oxygens (including phenoxy) is 1. The minimum absolute atomic E-state index is 0.0843. The van der Waals surface area contributed by atoms with E-state index in [0.29, 0.717) is 12.1 Å². The molecule has 0 spiro atoms. The number of hydrogen-bond acceptors (Lipinski definition) is 4. The third kappa shape index (κ3) is 3.11. The molecule has 1 saturated carbocycles. The number of nitrogens with zero attached hydrogens (tertiary/aromatic N) is 1. The number of esters is 1. The van der Waals surface area contributed by atoms with Crippen LogP contribution in [0.4, 0.5) is 5.69 Å². The Bertz CT molecular complexity index is 986. The number of halogens is 2. The van der Waals surface area contributed by atoms with Crippen molar-refractivity contribution in [2.75, 3.05) is 11.5 Å². The fourth-order valence-corrected chi connectivity index (χ4v) is 3.61. The van der Waals surface area contributed by atoms with Gasteiger partial charge < -0.3 is 4.74 Å². The molecule has 1 atom stereocenters. The van der Waals surface area contributed by atoms with Gasteiger partial charge in [0.15, 0.2) is 0 Å². The van der Waals surface area contributed by atoms with Crippen molar-refractivity contribution in [3.8, 4) is 0 Å². The normalized spacial score (nSPS) is 19.8. The Kier molecular flexibility index (Phi) is 4.24. The van der Waals surface area contributed by atoms with Crippen LogP contribution in [0.5, 0.6) is 0 Å². The standard InChI is InChI=1S/C20H15Cl2NO4/c1-11-4-2-3-5-16(11)23-17(24)14-7-6-12(8-15(14)18(23)25)19(26)27-10-13-9-20(13,21)22/h2-8,13H,9-10H2,1H3/t13-/m0/s1. The lowest BCUT2D eigenvalue weighted by molar-refractivity contribution is 0.0485. The zero-order valence-corrected chi connectivity index (χ0v) is 15.9. The maximum absolute atomic E-state index is 12.8. The highest BCUT2D eigenvalue weighted by atomic mass is 35.5. The molecule has 27 heavy (non-hydrogen) atoms. The number of anilines is 1. The van der Waals surface area contributed by atoms with Gasteiger partial charge in [-0.1, -0.05) is 18.2 Å². The molecule has 0 radical (unpaired) electrons. The van der Waals surface area contributed by atoms with Gasteiger partial charge in [-0.15, -0.1) is 23.2 Å². The van der Waals surface area contributed by atoms with Crippen LogP contribution in [-0.2, 0) is 4.74 Å². The minimum atomic E-state index is -0.825. The lowest BCUT2D eigenvalue weighted by Crippen LogP contribution is -2.29. The molecule has 0 saturated heterocycles. The zero-order valence-electron chi connectivity index (χ0n) is 14.4. The van der Waals surface area contributed by atoms with Crippen molar-refractivity contribution < 1.29 is 19.1 Å². The molecule has 5 nitrogen and oxygen atoms in total. The molecule has 1 fully saturated rings. The van der Waals surface area contributed by atoms with Crippen molar-refractivity contribution in [1.29, 1.82) is 0 Å². The molecule has 0 unspecified atom stereocenters. The van der Waals surface area contributed by atoms with Crippen LogP contribution in [0.2, 0.25) is 0 Å². The molecule has 2 aromatic carbocycles. The van der Waals surface area contributed by atoms with Crippen LogP contribution in [0, 0.1) is 12.8 Å². The number of imide groups is 1. The predicted octanol–water partition coefficient (Wildman–Crippen LogP) is 4.15. The summed E-state index contributed by atoms with van der Waals surface area (Å²) >= 11 is 11.8. The van der Waals surface area contributed by atoms with Gasteiger partial charge in [0.2, 0.25) is 0 Å². The fourth-order valence-electron chi connectivity index (χ4n) is 3.11. The summed E-state index contributed by atoms with van der Waals surface area (Å²) in [6.45, 7) is 1.94. The van der Waals surface area contributed by atoms with Crippen LogP contribution in [0.3, 0.4) is 0 Å². The van der Waals surface area contributed by atoms with Crippen molar-refractivity contribution in [3.63, 3.8) is 0 Å². The summed E-state index contributed by atoms with van der Waals surface area (Å²) in [6.07, 6.45) is 0.575. The second kappa shape index (κ2) is 6.36. The van der Waals surface area contributed by atoms with Gasteiger partial charge in [0.05, 0.1) is 29.0 Å². The van der Waals surface area contributed by atoms with Gasteiger partial charge in [0, 0.05) is 5.92 Å². The van der Waals surface area contributed by atoms with E-state index in [0.717, 1.165) is 10.5 Å². The van der Waals surface area contributed by atoms with E-state index in [1.54, 1.807) is 12.1 Å². The number of carbonyl (C=O) groups excluding carboxylic acids is 3. The first kappa shape index (κ1) is 18.0. The number of para-hydroxylation sites is 1. The van der Waals surface area contributed by atoms with Gasteiger partial charge in [-0.3, -0.25) is 9.59 Å².